The van der Waals surface area contributed by atoms with Crippen LogP contribution in [0.15, 0.2) is 61.7 Å². The van der Waals surface area contributed by atoms with Crippen LogP contribution in [-0.2, 0) is 4.79 Å². The van der Waals surface area contributed by atoms with E-state index in [-0.39, 0.29) is 12.5 Å². The zero-order valence-corrected chi connectivity index (χ0v) is 12.3. The number of aliphatic hydroxyl groups excluding tert-OH is 1. The number of imidazole rings is 1. The van der Waals surface area contributed by atoms with E-state index < -0.39 is 0 Å². The number of aromatic nitrogens is 2. The minimum Gasteiger partial charge on any atom is -0.395 e. The van der Waals surface area contributed by atoms with Crippen molar-refractivity contribution >= 4 is 12.0 Å². The molecule has 0 radical (unpaired) electrons. The fraction of sp³-hybridized carbons (Fsp3) is 0.176. The molecule has 1 amide bonds. The lowest BCUT2D eigenvalue weighted by atomic mass is 10.2. The smallest absolute Gasteiger partial charge is 0.246 e. The zero-order valence-electron chi connectivity index (χ0n) is 12.3. The first-order valence-electron chi connectivity index (χ1n) is 7.01. The Bertz CT molecular complexity index is 630. The van der Waals surface area contributed by atoms with Crippen molar-refractivity contribution in [1.82, 2.24) is 14.5 Å². The van der Waals surface area contributed by atoms with Gasteiger partial charge in [0.15, 0.2) is 0 Å². The molecular weight excluding hydrogens is 278 g/mol. The Hall–Kier alpha value is -2.66. The second-order valence-electron chi connectivity index (χ2n) is 4.69. The summed E-state index contributed by atoms with van der Waals surface area (Å²) in [5, 5.41) is 8.96. The normalized spacial score (nSPS) is 10.8. The van der Waals surface area contributed by atoms with E-state index >= 15 is 0 Å². The molecule has 5 heteroatoms. The van der Waals surface area contributed by atoms with Gasteiger partial charge in [-0.1, -0.05) is 18.2 Å². The summed E-state index contributed by atoms with van der Waals surface area (Å²) in [5.74, 6) is -0.146. The number of amides is 1. The van der Waals surface area contributed by atoms with Gasteiger partial charge in [0.05, 0.1) is 12.9 Å². The maximum atomic E-state index is 12.0. The molecule has 1 aromatic heterocycles. The minimum atomic E-state index is -0.146. The highest BCUT2D eigenvalue weighted by atomic mass is 16.3. The molecule has 0 aliphatic heterocycles. The predicted molar refractivity (Wildman–Crippen MR) is 86.5 cm³/mol. The van der Waals surface area contributed by atoms with Gasteiger partial charge in [-0.05, 0) is 23.8 Å². The summed E-state index contributed by atoms with van der Waals surface area (Å²) in [6, 6.07) is 7.79. The van der Waals surface area contributed by atoms with Crippen LogP contribution in [-0.4, -0.2) is 45.2 Å². The van der Waals surface area contributed by atoms with Crippen LogP contribution in [0.4, 0.5) is 0 Å². The topological polar surface area (TPSA) is 58.4 Å². The number of benzene rings is 1. The molecule has 0 spiro atoms. The van der Waals surface area contributed by atoms with Gasteiger partial charge < -0.3 is 14.6 Å². The lowest BCUT2D eigenvalue weighted by molar-refractivity contribution is -0.125. The molecule has 0 unspecified atom stereocenters. The van der Waals surface area contributed by atoms with Crippen LogP contribution < -0.4 is 0 Å². The highest BCUT2D eigenvalue weighted by Crippen LogP contribution is 2.10. The van der Waals surface area contributed by atoms with Gasteiger partial charge in [-0.15, -0.1) is 6.58 Å². The highest BCUT2D eigenvalue weighted by molar-refractivity contribution is 5.91. The van der Waals surface area contributed by atoms with Crippen molar-refractivity contribution < 1.29 is 9.90 Å². The van der Waals surface area contributed by atoms with Gasteiger partial charge in [0.25, 0.3) is 0 Å². The fourth-order valence-electron chi connectivity index (χ4n) is 2.01. The summed E-state index contributed by atoms with van der Waals surface area (Å²) in [7, 11) is 0. The molecule has 2 rings (SSSR count). The number of carbonyl (C=O) groups is 1. The lowest BCUT2D eigenvalue weighted by Gasteiger charge is -2.17. The summed E-state index contributed by atoms with van der Waals surface area (Å²) < 4.78 is 1.91. The molecule has 5 nitrogen and oxygen atoms in total. The van der Waals surface area contributed by atoms with Gasteiger partial charge >= 0.3 is 0 Å². The third kappa shape index (κ3) is 4.17. The van der Waals surface area contributed by atoms with Crippen molar-refractivity contribution in [3.05, 3.63) is 67.3 Å². The van der Waals surface area contributed by atoms with Crippen molar-refractivity contribution in [2.75, 3.05) is 19.7 Å². The quantitative estimate of drug-likeness (QED) is 0.627. The average Bonchev–Trinajstić information content (AvgIpc) is 3.07. The van der Waals surface area contributed by atoms with Crippen LogP contribution in [0.5, 0.6) is 0 Å². The summed E-state index contributed by atoms with van der Waals surface area (Å²) in [4.78, 5) is 17.6. The zero-order chi connectivity index (χ0) is 15.8. The first kappa shape index (κ1) is 15.7. The van der Waals surface area contributed by atoms with Gasteiger partial charge in [-0.3, -0.25) is 4.79 Å². The Kier molecular flexibility index (Phi) is 5.68. The third-order valence-electron chi connectivity index (χ3n) is 3.15. The molecule has 114 valence electrons. The van der Waals surface area contributed by atoms with Gasteiger partial charge in [-0.25, -0.2) is 4.98 Å². The van der Waals surface area contributed by atoms with Crippen molar-refractivity contribution in [2.45, 2.75) is 0 Å². The Morgan fingerprint density at radius 1 is 1.36 bits per heavy atom. The number of carbonyl (C=O) groups excluding carboxylic acids is 1. The van der Waals surface area contributed by atoms with Gasteiger partial charge in [0, 0.05) is 37.2 Å². The van der Waals surface area contributed by atoms with Crippen LogP contribution >= 0.6 is 0 Å². The number of nitrogens with zero attached hydrogens (tertiary/aromatic N) is 3. The van der Waals surface area contributed by atoms with Crippen LogP contribution in [0.1, 0.15) is 5.56 Å². The van der Waals surface area contributed by atoms with E-state index in [2.05, 4.69) is 11.6 Å². The molecule has 1 N–H and O–H groups in total. The largest absolute Gasteiger partial charge is 0.395 e. The Morgan fingerprint density at radius 2 is 2.14 bits per heavy atom. The molecule has 0 bridgehead atoms. The standard InChI is InChI=1S/C17H19N3O2/c1-2-10-19(12-13-21)17(22)8-5-15-3-6-16(7-4-15)20-11-9-18-14-20/h2-9,11,14,21H,1,10,12-13H2/b8-5+. The van der Waals surface area contributed by atoms with Crippen LogP contribution in [0.2, 0.25) is 0 Å². The minimum absolute atomic E-state index is 0.0625. The summed E-state index contributed by atoms with van der Waals surface area (Å²) in [5.41, 5.74) is 1.94. The predicted octanol–water partition coefficient (Wildman–Crippen LogP) is 1.89. The van der Waals surface area contributed by atoms with Crippen LogP contribution in [0, 0.1) is 0 Å². The van der Waals surface area contributed by atoms with Gasteiger partial charge in [-0.2, -0.15) is 0 Å². The van der Waals surface area contributed by atoms with E-state index in [1.807, 2.05) is 35.0 Å². The SMILES string of the molecule is C=CCN(CCO)C(=O)/C=C/c1ccc(-n2ccnc2)cc1. The van der Waals surface area contributed by atoms with E-state index in [1.165, 1.54) is 11.0 Å². The molecular formula is C17H19N3O2. The molecule has 22 heavy (non-hydrogen) atoms. The molecule has 1 aromatic carbocycles. The third-order valence-corrected chi connectivity index (χ3v) is 3.15. The van der Waals surface area contributed by atoms with Crippen molar-refractivity contribution in [2.24, 2.45) is 0 Å². The Balaban J connectivity index is 2.03. The summed E-state index contributed by atoms with van der Waals surface area (Å²) in [6.07, 6.45) is 10.2. The second-order valence-corrected chi connectivity index (χ2v) is 4.69. The van der Waals surface area contributed by atoms with E-state index in [0.717, 1.165) is 11.3 Å². The molecule has 0 saturated carbocycles. The van der Waals surface area contributed by atoms with Crippen LogP contribution in [0.25, 0.3) is 11.8 Å². The maximum Gasteiger partial charge on any atom is 0.246 e. The number of hydrogen-bond donors (Lipinski definition) is 1. The molecule has 2 aromatic rings. The Morgan fingerprint density at radius 3 is 2.73 bits per heavy atom. The molecule has 1 heterocycles. The van der Waals surface area contributed by atoms with Gasteiger partial charge in [0.1, 0.15) is 0 Å². The molecule has 0 aliphatic carbocycles. The average molecular weight is 297 g/mol. The van der Waals surface area contributed by atoms with E-state index in [0.29, 0.717) is 13.1 Å². The van der Waals surface area contributed by atoms with Crippen molar-refractivity contribution in [3.8, 4) is 5.69 Å². The maximum absolute atomic E-state index is 12.0. The molecule has 0 aliphatic rings. The number of hydrogen-bond acceptors (Lipinski definition) is 3. The Labute approximate surface area is 129 Å². The van der Waals surface area contributed by atoms with E-state index in [4.69, 9.17) is 5.11 Å². The summed E-state index contributed by atoms with van der Waals surface area (Å²) >= 11 is 0. The van der Waals surface area contributed by atoms with Crippen molar-refractivity contribution in [1.29, 1.82) is 0 Å². The highest BCUT2D eigenvalue weighted by Gasteiger charge is 2.07. The molecule has 0 fully saturated rings. The summed E-state index contributed by atoms with van der Waals surface area (Å²) in [6.45, 7) is 4.27. The molecule has 0 atom stereocenters. The van der Waals surface area contributed by atoms with Gasteiger partial charge in [0.2, 0.25) is 5.91 Å². The first-order chi connectivity index (χ1) is 10.7. The number of rotatable bonds is 7. The first-order valence-corrected chi connectivity index (χ1v) is 7.01. The van der Waals surface area contributed by atoms with E-state index in [9.17, 15) is 4.79 Å². The van der Waals surface area contributed by atoms with E-state index in [1.54, 1.807) is 24.7 Å². The fourth-order valence-corrected chi connectivity index (χ4v) is 2.01. The second kappa shape index (κ2) is 7.95. The van der Waals surface area contributed by atoms with Crippen molar-refractivity contribution in [3.63, 3.8) is 0 Å². The van der Waals surface area contributed by atoms with Crippen LogP contribution in [0.3, 0.4) is 0 Å². The molecule has 0 saturated heterocycles. The lowest BCUT2D eigenvalue weighted by Crippen LogP contribution is -2.32. The monoisotopic (exact) mass is 297 g/mol. The number of aliphatic hydroxyl groups is 1.